The Hall–Kier alpha value is -2.43. The van der Waals surface area contributed by atoms with E-state index in [1.807, 2.05) is 6.92 Å². The molecule has 0 atom stereocenters. The molecule has 0 saturated carbocycles. The van der Waals surface area contributed by atoms with Crippen molar-refractivity contribution < 1.29 is 22.0 Å². The average molecular weight is 494 g/mol. The molecule has 3 aromatic rings. The van der Waals surface area contributed by atoms with Gasteiger partial charge >= 0.3 is 0 Å². The van der Waals surface area contributed by atoms with Gasteiger partial charge < -0.3 is 4.57 Å². The van der Waals surface area contributed by atoms with Crippen molar-refractivity contribution in [1.82, 2.24) is 8.87 Å². The van der Waals surface area contributed by atoms with Gasteiger partial charge in [-0.1, -0.05) is 25.2 Å². The average Bonchev–Trinajstić information content (AvgIpc) is 3.11. The van der Waals surface area contributed by atoms with Crippen LogP contribution in [0.25, 0.3) is 10.2 Å². The molecule has 0 aliphatic carbocycles. The third-order valence-electron chi connectivity index (χ3n) is 5.82. The van der Waals surface area contributed by atoms with Crippen LogP contribution in [-0.2, 0) is 16.6 Å². The van der Waals surface area contributed by atoms with Crippen molar-refractivity contribution in [2.75, 3.05) is 13.1 Å². The zero-order valence-electron chi connectivity index (χ0n) is 18.4. The van der Waals surface area contributed by atoms with Crippen molar-refractivity contribution in [2.24, 2.45) is 10.9 Å². The quantitative estimate of drug-likeness (QED) is 0.523. The van der Waals surface area contributed by atoms with Gasteiger partial charge in [-0.25, -0.2) is 17.2 Å². The van der Waals surface area contributed by atoms with Gasteiger partial charge in [0, 0.05) is 31.3 Å². The number of benzene rings is 2. The first kappa shape index (κ1) is 23.7. The smallest absolute Gasteiger partial charge is 0.279 e. The first-order valence-corrected chi connectivity index (χ1v) is 13.1. The highest BCUT2D eigenvalue weighted by molar-refractivity contribution is 7.89. The predicted octanol–water partition coefficient (Wildman–Crippen LogP) is 4.55. The number of sulfonamides is 1. The van der Waals surface area contributed by atoms with Crippen molar-refractivity contribution in [3.05, 3.63) is 58.4 Å². The molecule has 176 valence electrons. The Labute approximate surface area is 195 Å². The number of halogens is 2. The van der Waals surface area contributed by atoms with E-state index in [0.717, 1.165) is 30.2 Å². The van der Waals surface area contributed by atoms with Crippen molar-refractivity contribution >= 4 is 37.5 Å². The van der Waals surface area contributed by atoms with Crippen LogP contribution in [0.1, 0.15) is 43.5 Å². The molecule has 0 unspecified atom stereocenters. The number of hydrogen-bond donors (Lipinski definition) is 0. The molecule has 1 aliphatic rings. The maximum Gasteiger partial charge on any atom is 0.279 e. The van der Waals surface area contributed by atoms with Crippen LogP contribution in [0.2, 0.25) is 0 Å². The Morgan fingerprint density at radius 2 is 1.82 bits per heavy atom. The molecule has 1 aromatic heterocycles. The number of carbonyl (C=O) groups excluding carboxylic acids is 1. The summed E-state index contributed by atoms with van der Waals surface area (Å²) in [6.45, 7) is 5.41. The molecule has 0 radical (unpaired) electrons. The molecule has 0 bridgehead atoms. The SMILES string of the molecule is CCCn1c(=NC(=O)c2ccc(S(=O)(=O)N3CCC(C)CC3)cc2)sc2cc(F)cc(F)c21. The third-order valence-corrected chi connectivity index (χ3v) is 8.76. The summed E-state index contributed by atoms with van der Waals surface area (Å²) in [6, 6.07) is 7.73. The summed E-state index contributed by atoms with van der Waals surface area (Å²) >= 11 is 1.03. The predicted molar refractivity (Wildman–Crippen MR) is 124 cm³/mol. The van der Waals surface area contributed by atoms with E-state index in [-0.39, 0.29) is 20.8 Å². The van der Waals surface area contributed by atoms with E-state index >= 15 is 0 Å². The molecule has 0 spiro atoms. The molecule has 1 amide bonds. The van der Waals surface area contributed by atoms with Crippen LogP contribution in [0.3, 0.4) is 0 Å². The lowest BCUT2D eigenvalue weighted by Gasteiger charge is -2.29. The standard InChI is InChI=1S/C23H25F2N3O3S2/c1-3-10-28-21-19(25)13-17(24)14-20(21)32-23(28)26-22(29)16-4-6-18(7-5-16)33(30,31)27-11-8-15(2)9-12-27/h4-7,13-15H,3,8-12H2,1-2H3. The van der Waals surface area contributed by atoms with Crippen molar-refractivity contribution in [1.29, 1.82) is 0 Å². The molecular formula is C23H25F2N3O3S2. The number of carbonyl (C=O) groups is 1. The minimum absolute atomic E-state index is 0.133. The number of amides is 1. The fourth-order valence-electron chi connectivity index (χ4n) is 3.94. The molecule has 1 saturated heterocycles. The maximum absolute atomic E-state index is 14.4. The second-order valence-corrected chi connectivity index (χ2v) is 11.2. The summed E-state index contributed by atoms with van der Waals surface area (Å²) < 4.78 is 57.2. The Morgan fingerprint density at radius 3 is 2.45 bits per heavy atom. The number of hydrogen-bond acceptors (Lipinski definition) is 4. The normalized spacial score (nSPS) is 16.5. The van der Waals surface area contributed by atoms with Gasteiger partial charge in [0.15, 0.2) is 10.6 Å². The minimum Gasteiger partial charge on any atom is -0.314 e. The maximum atomic E-state index is 14.4. The Bertz CT molecular complexity index is 1350. The van der Waals surface area contributed by atoms with E-state index in [9.17, 15) is 22.0 Å². The van der Waals surface area contributed by atoms with E-state index in [0.29, 0.717) is 36.7 Å². The van der Waals surface area contributed by atoms with Crippen LogP contribution in [0.5, 0.6) is 0 Å². The summed E-state index contributed by atoms with van der Waals surface area (Å²) in [5.41, 5.74) is 0.431. The Balaban J connectivity index is 1.65. The number of thiazole rings is 1. The van der Waals surface area contributed by atoms with E-state index in [1.54, 1.807) is 4.57 Å². The number of aryl methyl sites for hydroxylation is 1. The van der Waals surface area contributed by atoms with Gasteiger partial charge in [-0.3, -0.25) is 4.79 Å². The summed E-state index contributed by atoms with van der Waals surface area (Å²) in [5, 5.41) is 0. The third kappa shape index (κ3) is 4.78. The second kappa shape index (κ2) is 9.44. The van der Waals surface area contributed by atoms with E-state index in [4.69, 9.17) is 0 Å². The van der Waals surface area contributed by atoms with E-state index < -0.39 is 27.6 Å². The summed E-state index contributed by atoms with van der Waals surface area (Å²) in [6.07, 6.45) is 2.32. The number of nitrogens with zero attached hydrogens (tertiary/aromatic N) is 3. The van der Waals surface area contributed by atoms with Gasteiger partial charge in [-0.05, 0) is 55.5 Å². The van der Waals surface area contributed by atoms with Gasteiger partial charge in [0.2, 0.25) is 10.0 Å². The monoisotopic (exact) mass is 493 g/mol. The molecule has 4 rings (SSSR count). The van der Waals surface area contributed by atoms with Gasteiger partial charge in [0.25, 0.3) is 5.91 Å². The highest BCUT2D eigenvalue weighted by atomic mass is 32.2. The molecule has 33 heavy (non-hydrogen) atoms. The van der Waals surface area contributed by atoms with Crippen molar-refractivity contribution in [3.8, 4) is 0 Å². The molecule has 0 N–H and O–H groups in total. The van der Waals surface area contributed by atoms with Crippen molar-refractivity contribution in [3.63, 3.8) is 0 Å². The van der Waals surface area contributed by atoms with Crippen LogP contribution in [-0.4, -0.2) is 36.3 Å². The Morgan fingerprint density at radius 1 is 1.15 bits per heavy atom. The zero-order valence-corrected chi connectivity index (χ0v) is 20.1. The summed E-state index contributed by atoms with van der Waals surface area (Å²) in [4.78, 5) is 17.3. The minimum atomic E-state index is -3.61. The van der Waals surface area contributed by atoms with Crippen LogP contribution in [0.15, 0.2) is 46.3 Å². The first-order valence-electron chi connectivity index (χ1n) is 10.9. The highest BCUT2D eigenvalue weighted by Gasteiger charge is 2.28. The van der Waals surface area contributed by atoms with Crippen LogP contribution < -0.4 is 4.80 Å². The van der Waals surface area contributed by atoms with Gasteiger partial charge in [-0.15, -0.1) is 0 Å². The molecule has 6 nitrogen and oxygen atoms in total. The lowest BCUT2D eigenvalue weighted by molar-refractivity contribution is 0.0997. The van der Waals surface area contributed by atoms with E-state index in [2.05, 4.69) is 11.9 Å². The Kier molecular flexibility index (Phi) is 6.78. The highest BCUT2D eigenvalue weighted by Crippen LogP contribution is 2.25. The number of piperidine rings is 1. The first-order chi connectivity index (χ1) is 15.7. The van der Waals surface area contributed by atoms with Gasteiger partial charge in [-0.2, -0.15) is 9.30 Å². The molecule has 2 aromatic carbocycles. The van der Waals surface area contributed by atoms with Crippen molar-refractivity contribution in [2.45, 2.75) is 44.6 Å². The molecule has 10 heteroatoms. The number of aromatic nitrogens is 1. The van der Waals surface area contributed by atoms with Crippen LogP contribution in [0, 0.1) is 17.6 Å². The lowest BCUT2D eigenvalue weighted by atomic mass is 10.0. The second-order valence-electron chi connectivity index (χ2n) is 8.30. The van der Waals surface area contributed by atoms with Gasteiger partial charge in [0.05, 0.1) is 15.1 Å². The largest absolute Gasteiger partial charge is 0.314 e. The molecule has 1 aliphatic heterocycles. The summed E-state index contributed by atoms with van der Waals surface area (Å²) in [7, 11) is -3.61. The summed E-state index contributed by atoms with van der Waals surface area (Å²) in [5.74, 6) is -1.47. The van der Waals surface area contributed by atoms with E-state index in [1.165, 1.54) is 34.6 Å². The number of rotatable bonds is 5. The topological polar surface area (TPSA) is 71.7 Å². The fraction of sp³-hybridized carbons (Fsp3) is 0.391. The zero-order chi connectivity index (χ0) is 23.8. The number of fused-ring (bicyclic) bond motifs is 1. The van der Waals surface area contributed by atoms with Gasteiger partial charge in [0.1, 0.15) is 5.82 Å². The molecular weight excluding hydrogens is 468 g/mol. The lowest BCUT2D eigenvalue weighted by Crippen LogP contribution is -2.37. The van der Waals surface area contributed by atoms with Crippen LogP contribution >= 0.6 is 11.3 Å². The van der Waals surface area contributed by atoms with Crippen LogP contribution in [0.4, 0.5) is 8.78 Å². The molecule has 1 fully saturated rings. The fourth-order valence-corrected chi connectivity index (χ4v) is 6.50. The molecule has 2 heterocycles.